The Bertz CT molecular complexity index is 1960. The summed E-state index contributed by atoms with van der Waals surface area (Å²) in [5, 5.41) is 3.63. The molecular formula is C29H19F3N2O3S. The maximum Gasteiger partial charge on any atom is 0.416 e. The number of nitrogens with zero attached hydrogens (tertiary/aromatic N) is 2. The molecule has 0 spiro atoms. The van der Waals surface area contributed by atoms with Gasteiger partial charge in [-0.05, 0) is 47.2 Å². The van der Waals surface area contributed by atoms with Crippen LogP contribution in [0, 0.1) is 0 Å². The maximum atomic E-state index is 13.4. The summed E-state index contributed by atoms with van der Waals surface area (Å²) in [7, 11) is -3.87. The van der Waals surface area contributed by atoms with Crippen molar-refractivity contribution in [2.45, 2.75) is 6.18 Å². The van der Waals surface area contributed by atoms with E-state index in [0.29, 0.717) is 28.1 Å². The van der Waals surface area contributed by atoms with E-state index in [1.54, 1.807) is 22.8 Å². The number of rotatable bonds is 4. The average molecular weight is 533 g/mol. The van der Waals surface area contributed by atoms with Crippen LogP contribution in [0.4, 0.5) is 13.2 Å². The molecule has 1 aromatic heterocycles. The third-order valence-corrected chi connectivity index (χ3v) is 6.84. The fourth-order valence-electron chi connectivity index (χ4n) is 4.82. The van der Waals surface area contributed by atoms with E-state index in [9.17, 15) is 21.6 Å². The molecule has 0 aliphatic rings. The first kappa shape index (κ1) is 24.0. The number of fused-ring (bicyclic) bond motifs is 6. The highest BCUT2D eigenvalue weighted by Gasteiger charge is 2.30. The number of benzene rings is 5. The molecule has 0 unspecified atom stereocenters. The van der Waals surface area contributed by atoms with Gasteiger partial charge >= 0.3 is 16.3 Å². The van der Waals surface area contributed by atoms with E-state index in [0.717, 1.165) is 39.9 Å². The Hall–Kier alpha value is -4.37. The highest BCUT2D eigenvalue weighted by atomic mass is 32.2. The summed E-state index contributed by atoms with van der Waals surface area (Å²) in [6.07, 6.45) is -3.54. The zero-order chi connectivity index (χ0) is 26.7. The van der Waals surface area contributed by atoms with Gasteiger partial charge in [0.05, 0.1) is 28.4 Å². The molecule has 38 heavy (non-hydrogen) atoms. The Balaban J connectivity index is 1.78. The standard InChI is InChI=1S/C29H19F3N2O3S/c1-38(35,36)37-25-13-7-6-12-24(25)28-33-26-22-10-4-2-8-20(22)21-9-3-5-11-23(21)27(26)34(28)19-16-14-18(15-17-19)29(30,31)32/h2-17H,1H3. The number of para-hydroxylation sites is 1. The molecule has 9 heteroatoms. The van der Waals surface area contributed by atoms with E-state index in [4.69, 9.17) is 9.17 Å². The average Bonchev–Trinajstić information content (AvgIpc) is 3.29. The molecule has 0 N–H and O–H groups in total. The second-order valence-corrected chi connectivity index (χ2v) is 10.5. The molecule has 0 radical (unpaired) electrons. The zero-order valence-electron chi connectivity index (χ0n) is 19.9. The number of imidazole rings is 1. The Labute approximate surface area is 215 Å². The molecule has 0 aliphatic heterocycles. The molecule has 6 rings (SSSR count). The molecule has 0 saturated carbocycles. The van der Waals surface area contributed by atoms with Crippen LogP contribution in [0.2, 0.25) is 0 Å². The van der Waals surface area contributed by atoms with Crippen LogP contribution in [0.15, 0.2) is 97.1 Å². The smallest absolute Gasteiger partial charge is 0.382 e. The summed E-state index contributed by atoms with van der Waals surface area (Å²) in [5.74, 6) is 0.396. The summed E-state index contributed by atoms with van der Waals surface area (Å²) in [6, 6.07) is 26.9. The third-order valence-electron chi connectivity index (χ3n) is 6.35. The molecule has 1 heterocycles. The van der Waals surface area contributed by atoms with Gasteiger partial charge in [-0.1, -0.05) is 60.7 Å². The van der Waals surface area contributed by atoms with E-state index >= 15 is 0 Å². The minimum atomic E-state index is -4.49. The lowest BCUT2D eigenvalue weighted by molar-refractivity contribution is -0.137. The Morgan fingerprint density at radius 1 is 0.737 bits per heavy atom. The lowest BCUT2D eigenvalue weighted by Gasteiger charge is -2.15. The number of halogens is 3. The molecule has 0 bridgehead atoms. The van der Waals surface area contributed by atoms with Gasteiger partial charge in [-0.2, -0.15) is 21.6 Å². The van der Waals surface area contributed by atoms with Crippen molar-refractivity contribution >= 4 is 42.7 Å². The molecule has 5 nitrogen and oxygen atoms in total. The summed E-state index contributed by atoms with van der Waals surface area (Å²) < 4.78 is 71.2. The summed E-state index contributed by atoms with van der Waals surface area (Å²) in [4.78, 5) is 4.97. The van der Waals surface area contributed by atoms with Gasteiger partial charge in [-0.25, -0.2) is 4.98 Å². The topological polar surface area (TPSA) is 61.2 Å². The largest absolute Gasteiger partial charge is 0.416 e. The molecule has 0 amide bonds. The van der Waals surface area contributed by atoms with E-state index in [2.05, 4.69) is 0 Å². The zero-order valence-corrected chi connectivity index (χ0v) is 20.7. The molecule has 0 atom stereocenters. The van der Waals surface area contributed by atoms with Crippen LogP contribution < -0.4 is 4.18 Å². The summed E-state index contributed by atoms with van der Waals surface area (Å²) >= 11 is 0. The van der Waals surface area contributed by atoms with Crippen LogP contribution in [-0.4, -0.2) is 24.2 Å². The fraction of sp³-hybridized carbons (Fsp3) is 0.0690. The SMILES string of the molecule is CS(=O)(=O)Oc1ccccc1-c1nc2c3ccccc3c3ccccc3c2n1-c1ccc(C(F)(F)F)cc1. The third kappa shape index (κ3) is 4.05. The molecule has 0 aliphatic carbocycles. The number of alkyl halides is 3. The quantitative estimate of drug-likeness (QED) is 0.176. The van der Waals surface area contributed by atoms with Gasteiger partial charge in [-0.3, -0.25) is 4.57 Å². The van der Waals surface area contributed by atoms with Crippen molar-refractivity contribution in [3.63, 3.8) is 0 Å². The Morgan fingerprint density at radius 3 is 1.92 bits per heavy atom. The van der Waals surface area contributed by atoms with Crippen molar-refractivity contribution in [2.24, 2.45) is 0 Å². The predicted octanol–water partition coefficient (Wildman–Crippen LogP) is 7.36. The lowest BCUT2D eigenvalue weighted by atomic mass is 10.00. The summed E-state index contributed by atoms with van der Waals surface area (Å²) in [6.45, 7) is 0. The van der Waals surface area contributed by atoms with Crippen molar-refractivity contribution in [1.82, 2.24) is 9.55 Å². The van der Waals surface area contributed by atoms with E-state index in [1.165, 1.54) is 18.2 Å². The van der Waals surface area contributed by atoms with Crippen molar-refractivity contribution in [3.8, 4) is 22.8 Å². The van der Waals surface area contributed by atoms with Gasteiger partial charge in [0.25, 0.3) is 0 Å². The van der Waals surface area contributed by atoms with Crippen LogP contribution in [0.25, 0.3) is 49.7 Å². The van der Waals surface area contributed by atoms with Crippen LogP contribution in [0.1, 0.15) is 5.56 Å². The van der Waals surface area contributed by atoms with Crippen LogP contribution in [0.3, 0.4) is 0 Å². The van der Waals surface area contributed by atoms with Crippen molar-refractivity contribution < 1.29 is 25.8 Å². The van der Waals surface area contributed by atoms with Gasteiger partial charge in [-0.15, -0.1) is 0 Å². The molecule has 6 aromatic rings. The van der Waals surface area contributed by atoms with Gasteiger partial charge in [0.1, 0.15) is 5.82 Å². The minimum absolute atomic E-state index is 0.0621. The van der Waals surface area contributed by atoms with E-state index in [1.807, 2.05) is 48.5 Å². The molecular weight excluding hydrogens is 513 g/mol. The highest BCUT2D eigenvalue weighted by molar-refractivity contribution is 7.86. The van der Waals surface area contributed by atoms with Gasteiger partial charge in [0.2, 0.25) is 0 Å². The number of hydrogen-bond acceptors (Lipinski definition) is 4. The minimum Gasteiger partial charge on any atom is -0.382 e. The predicted molar refractivity (Wildman–Crippen MR) is 142 cm³/mol. The second-order valence-electron chi connectivity index (χ2n) is 8.89. The second kappa shape index (κ2) is 8.59. The van der Waals surface area contributed by atoms with Crippen LogP contribution in [-0.2, 0) is 16.3 Å². The Morgan fingerprint density at radius 2 is 1.29 bits per heavy atom. The van der Waals surface area contributed by atoms with Gasteiger partial charge in [0.15, 0.2) is 5.75 Å². The van der Waals surface area contributed by atoms with Crippen molar-refractivity contribution in [3.05, 3.63) is 103 Å². The number of hydrogen-bond donors (Lipinski definition) is 0. The van der Waals surface area contributed by atoms with Crippen molar-refractivity contribution in [2.75, 3.05) is 6.26 Å². The molecule has 190 valence electrons. The van der Waals surface area contributed by atoms with E-state index < -0.39 is 21.9 Å². The first-order valence-electron chi connectivity index (χ1n) is 11.6. The maximum absolute atomic E-state index is 13.4. The van der Waals surface area contributed by atoms with Gasteiger partial charge in [0, 0.05) is 16.5 Å². The first-order valence-corrected chi connectivity index (χ1v) is 13.4. The van der Waals surface area contributed by atoms with Crippen LogP contribution >= 0.6 is 0 Å². The first-order chi connectivity index (χ1) is 18.1. The van der Waals surface area contributed by atoms with Crippen molar-refractivity contribution in [1.29, 1.82) is 0 Å². The lowest BCUT2D eigenvalue weighted by Crippen LogP contribution is -2.08. The highest BCUT2D eigenvalue weighted by Crippen LogP contribution is 2.41. The number of aromatic nitrogens is 2. The summed E-state index contributed by atoms with van der Waals surface area (Å²) in [5.41, 5.74) is 1.35. The molecule has 5 aromatic carbocycles. The van der Waals surface area contributed by atoms with Gasteiger partial charge < -0.3 is 4.18 Å². The normalized spacial score (nSPS) is 12.4. The van der Waals surface area contributed by atoms with E-state index in [-0.39, 0.29) is 5.75 Å². The Kier molecular flexibility index (Phi) is 5.43. The molecule has 0 saturated heterocycles. The molecule has 0 fully saturated rings. The fourth-order valence-corrected chi connectivity index (χ4v) is 5.30. The van der Waals surface area contributed by atoms with Crippen LogP contribution in [0.5, 0.6) is 5.75 Å². The monoisotopic (exact) mass is 532 g/mol.